The van der Waals surface area contributed by atoms with E-state index in [4.69, 9.17) is 0 Å². The van der Waals surface area contributed by atoms with Gasteiger partial charge >= 0.3 is 5.97 Å². The molecule has 0 unspecified atom stereocenters. The minimum atomic E-state index is -0.667. The fourth-order valence-electron chi connectivity index (χ4n) is 2.06. The number of nitro benzene ring substituents is 1. The highest BCUT2D eigenvalue weighted by Crippen LogP contribution is 2.32. The van der Waals surface area contributed by atoms with Crippen LogP contribution < -0.4 is 0 Å². The molecule has 0 fully saturated rings. The van der Waals surface area contributed by atoms with Gasteiger partial charge in [0.05, 0.1) is 23.2 Å². The van der Waals surface area contributed by atoms with Crippen molar-refractivity contribution >= 4 is 11.7 Å². The molecule has 0 N–H and O–H groups in total. The van der Waals surface area contributed by atoms with E-state index in [1.807, 2.05) is 0 Å². The van der Waals surface area contributed by atoms with Gasteiger partial charge in [-0.05, 0) is 42.3 Å². The van der Waals surface area contributed by atoms with E-state index < -0.39 is 16.7 Å². The van der Waals surface area contributed by atoms with Crippen LogP contribution in [-0.2, 0) is 4.74 Å². The predicted molar refractivity (Wildman–Crippen MR) is 74.6 cm³/mol. The van der Waals surface area contributed by atoms with Crippen molar-refractivity contribution in [3.63, 3.8) is 0 Å². The molecule has 0 heterocycles. The van der Waals surface area contributed by atoms with Crippen molar-refractivity contribution in [1.82, 2.24) is 0 Å². The Morgan fingerprint density at radius 1 is 1.24 bits per heavy atom. The van der Waals surface area contributed by atoms with Gasteiger partial charge in [0.25, 0.3) is 5.69 Å². The standard InChI is InChI=1S/C15H12FNO4/c1-9-5-11(7-12(16)6-9)13-4-3-10(15(18)21-2)8-14(13)17(19)20/h3-8H,1-2H3. The Balaban J connectivity index is 2.63. The molecule has 0 aliphatic carbocycles. The second-order valence-corrected chi connectivity index (χ2v) is 4.50. The summed E-state index contributed by atoms with van der Waals surface area (Å²) in [4.78, 5) is 22.0. The van der Waals surface area contributed by atoms with Crippen LogP contribution in [0.15, 0.2) is 36.4 Å². The maximum Gasteiger partial charge on any atom is 0.338 e. The van der Waals surface area contributed by atoms with Crippen LogP contribution in [0, 0.1) is 22.9 Å². The molecule has 0 aromatic heterocycles. The first-order chi connectivity index (χ1) is 9.92. The third kappa shape index (κ3) is 3.05. The molecule has 0 radical (unpaired) electrons. The molecule has 0 amide bonds. The molecule has 0 atom stereocenters. The van der Waals surface area contributed by atoms with Gasteiger partial charge in [-0.1, -0.05) is 6.07 Å². The van der Waals surface area contributed by atoms with Crippen molar-refractivity contribution < 1.29 is 18.8 Å². The normalized spacial score (nSPS) is 10.2. The first-order valence-corrected chi connectivity index (χ1v) is 6.06. The van der Waals surface area contributed by atoms with Crippen LogP contribution in [0.2, 0.25) is 0 Å². The lowest BCUT2D eigenvalue weighted by Crippen LogP contribution is -2.03. The van der Waals surface area contributed by atoms with Gasteiger partial charge in [0.1, 0.15) is 5.82 Å². The number of halogens is 1. The van der Waals surface area contributed by atoms with E-state index in [0.29, 0.717) is 11.1 Å². The van der Waals surface area contributed by atoms with Crippen molar-refractivity contribution in [1.29, 1.82) is 0 Å². The number of aryl methyl sites for hydroxylation is 1. The van der Waals surface area contributed by atoms with Crippen LogP contribution in [0.1, 0.15) is 15.9 Å². The number of esters is 1. The van der Waals surface area contributed by atoms with E-state index in [1.165, 1.54) is 31.4 Å². The molecule has 0 aliphatic rings. The molecule has 0 spiro atoms. The van der Waals surface area contributed by atoms with E-state index in [0.717, 1.165) is 6.07 Å². The summed E-state index contributed by atoms with van der Waals surface area (Å²) in [5, 5.41) is 11.2. The first kappa shape index (κ1) is 14.6. The number of carbonyl (C=O) groups excluding carboxylic acids is 1. The van der Waals surface area contributed by atoms with Crippen LogP contribution >= 0.6 is 0 Å². The van der Waals surface area contributed by atoms with Gasteiger partial charge in [-0.15, -0.1) is 0 Å². The second-order valence-electron chi connectivity index (χ2n) is 4.50. The maximum absolute atomic E-state index is 13.5. The van der Waals surface area contributed by atoms with Crippen LogP contribution in [0.4, 0.5) is 10.1 Å². The third-order valence-corrected chi connectivity index (χ3v) is 2.97. The lowest BCUT2D eigenvalue weighted by Gasteiger charge is -2.07. The summed E-state index contributed by atoms with van der Waals surface area (Å²) in [7, 11) is 1.19. The van der Waals surface area contributed by atoms with Crippen molar-refractivity contribution in [2.75, 3.05) is 7.11 Å². The maximum atomic E-state index is 13.5. The quantitative estimate of drug-likeness (QED) is 0.492. The molecule has 108 valence electrons. The average Bonchev–Trinajstić information content (AvgIpc) is 2.44. The average molecular weight is 289 g/mol. The van der Waals surface area contributed by atoms with Gasteiger partial charge in [0, 0.05) is 6.07 Å². The summed E-state index contributed by atoms with van der Waals surface area (Å²) < 4.78 is 18.0. The van der Waals surface area contributed by atoms with Crippen molar-refractivity contribution in [2.24, 2.45) is 0 Å². The number of hydrogen-bond donors (Lipinski definition) is 0. The minimum absolute atomic E-state index is 0.0704. The molecular weight excluding hydrogens is 277 g/mol. The second kappa shape index (κ2) is 5.70. The fourth-order valence-corrected chi connectivity index (χ4v) is 2.06. The van der Waals surface area contributed by atoms with Crippen LogP contribution in [-0.4, -0.2) is 18.0 Å². The number of hydrogen-bond acceptors (Lipinski definition) is 4. The largest absolute Gasteiger partial charge is 0.465 e. The molecular formula is C15H12FNO4. The Morgan fingerprint density at radius 3 is 2.52 bits per heavy atom. The number of nitrogens with zero attached hydrogens (tertiary/aromatic N) is 1. The van der Waals surface area contributed by atoms with Gasteiger partial charge in [-0.25, -0.2) is 9.18 Å². The first-order valence-electron chi connectivity index (χ1n) is 6.06. The number of methoxy groups -OCH3 is 1. The molecule has 21 heavy (non-hydrogen) atoms. The Morgan fingerprint density at radius 2 is 1.95 bits per heavy atom. The summed E-state index contributed by atoms with van der Waals surface area (Å²) in [6.45, 7) is 1.70. The zero-order valence-corrected chi connectivity index (χ0v) is 11.4. The predicted octanol–water partition coefficient (Wildman–Crippen LogP) is 3.50. The summed E-state index contributed by atoms with van der Waals surface area (Å²) >= 11 is 0. The zero-order chi connectivity index (χ0) is 15.6. The molecule has 5 nitrogen and oxygen atoms in total. The number of ether oxygens (including phenoxy) is 1. The fraction of sp³-hybridized carbons (Fsp3) is 0.133. The number of nitro groups is 1. The highest BCUT2D eigenvalue weighted by Gasteiger charge is 2.19. The molecule has 6 heteroatoms. The van der Waals surface area contributed by atoms with Crippen molar-refractivity contribution in [2.45, 2.75) is 6.92 Å². The lowest BCUT2D eigenvalue weighted by atomic mass is 10.00. The molecule has 2 aromatic rings. The molecule has 0 aliphatic heterocycles. The van der Waals surface area contributed by atoms with E-state index in [2.05, 4.69) is 4.74 Å². The Hall–Kier alpha value is -2.76. The number of benzene rings is 2. The Bertz CT molecular complexity index is 707. The smallest absolute Gasteiger partial charge is 0.338 e. The van der Waals surface area contributed by atoms with Gasteiger partial charge in [0.2, 0.25) is 0 Å². The monoisotopic (exact) mass is 289 g/mol. The number of carbonyl (C=O) groups is 1. The van der Waals surface area contributed by atoms with Crippen molar-refractivity contribution in [3.05, 3.63) is 63.5 Å². The van der Waals surface area contributed by atoms with Crippen LogP contribution in [0.3, 0.4) is 0 Å². The SMILES string of the molecule is COC(=O)c1ccc(-c2cc(C)cc(F)c2)c([N+](=O)[O-])c1. The topological polar surface area (TPSA) is 69.4 Å². The molecule has 0 saturated heterocycles. The molecule has 0 saturated carbocycles. The summed E-state index contributed by atoms with van der Waals surface area (Å²) in [5.41, 5.74) is 1.08. The van der Waals surface area contributed by atoms with Gasteiger partial charge in [-0.3, -0.25) is 10.1 Å². The highest BCUT2D eigenvalue weighted by atomic mass is 19.1. The molecule has 0 bridgehead atoms. The summed E-state index contributed by atoms with van der Waals surface area (Å²) in [6.07, 6.45) is 0. The van der Waals surface area contributed by atoms with E-state index in [9.17, 15) is 19.3 Å². The highest BCUT2D eigenvalue weighted by molar-refractivity contribution is 5.92. The Labute approximate surface area is 120 Å². The molecule has 2 rings (SSSR count). The van der Waals surface area contributed by atoms with Crippen LogP contribution in [0.5, 0.6) is 0 Å². The van der Waals surface area contributed by atoms with E-state index in [1.54, 1.807) is 13.0 Å². The van der Waals surface area contributed by atoms with Crippen LogP contribution in [0.25, 0.3) is 11.1 Å². The lowest BCUT2D eigenvalue weighted by molar-refractivity contribution is -0.384. The van der Waals surface area contributed by atoms with Gasteiger partial charge in [0.15, 0.2) is 0 Å². The third-order valence-electron chi connectivity index (χ3n) is 2.97. The van der Waals surface area contributed by atoms with Gasteiger partial charge < -0.3 is 4.74 Å². The van der Waals surface area contributed by atoms with Gasteiger partial charge in [-0.2, -0.15) is 0 Å². The Kier molecular flexibility index (Phi) is 3.98. The zero-order valence-electron chi connectivity index (χ0n) is 11.4. The minimum Gasteiger partial charge on any atom is -0.465 e. The summed E-state index contributed by atoms with van der Waals surface area (Å²) in [6, 6.07) is 8.14. The van der Waals surface area contributed by atoms with E-state index >= 15 is 0 Å². The molecule has 2 aromatic carbocycles. The summed E-state index contributed by atoms with van der Waals surface area (Å²) in [5.74, 6) is -1.14. The van der Waals surface area contributed by atoms with E-state index in [-0.39, 0.29) is 16.8 Å². The number of rotatable bonds is 3. The van der Waals surface area contributed by atoms with Crippen molar-refractivity contribution in [3.8, 4) is 11.1 Å².